The number of rotatable bonds is 12. The first kappa shape index (κ1) is 22.8. The van der Waals surface area contributed by atoms with Crippen molar-refractivity contribution in [2.45, 2.75) is 26.5 Å². The highest BCUT2D eigenvalue weighted by atomic mass is 35.5. The molecule has 0 saturated heterocycles. The van der Waals surface area contributed by atoms with Crippen LogP contribution in [0.1, 0.15) is 24.5 Å². The van der Waals surface area contributed by atoms with Gasteiger partial charge in [-0.05, 0) is 61.3 Å². The zero-order valence-electron chi connectivity index (χ0n) is 17.4. The van der Waals surface area contributed by atoms with Crippen molar-refractivity contribution in [2.75, 3.05) is 19.8 Å². The quantitative estimate of drug-likeness (QED) is 0.378. The molecule has 0 atom stereocenters. The van der Waals surface area contributed by atoms with Gasteiger partial charge in [-0.2, -0.15) is 0 Å². The van der Waals surface area contributed by atoms with Crippen LogP contribution in [0.15, 0.2) is 60.8 Å². The number of hydrogen-bond donors (Lipinski definition) is 1. The van der Waals surface area contributed by atoms with Crippen LogP contribution in [0.5, 0.6) is 17.4 Å². The van der Waals surface area contributed by atoms with E-state index >= 15 is 0 Å². The van der Waals surface area contributed by atoms with Gasteiger partial charge in [-0.15, -0.1) is 0 Å². The lowest BCUT2D eigenvalue weighted by Crippen LogP contribution is -2.17. The normalized spacial score (nSPS) is 10.7. The van der Waals surface area contributed by atoms with Crippen LogP contribution < -0.4 is 19.5 Å². The van der Waals surface area contributed by atoms with Crippen LogP contribution in [0.4, 0.5) is 4.39 Å². The highest BCUT2D eigenvalue weighted by Crippen LogP contribution is 2.37. The lowest BCUT2D eigenvalue weighted by atomic mass is 10.2. The first-order chi connectivity index (χ1) is 15.2. The van der Waals surface area contributed by atoms with E-state index in [0.717, 1.165) is 24.1 Å². The average Bonchev–Trinajstić information content (AvgIpc) is 2.78. The van der Waals surface area contributed by atoms with Crippen molar-refractivity contribution in [3.63, 3.8) is 0 Å². The summed E-state index contributed by atoms with van der Waals surface area (Å²) in [5, 5.41) is 3.85. The number of aromatic nitrogens is 1. The fraction of sp³-hybridized carbons (Fsp3) is 0.292. The minimum absolute atomic E-state index is 0.272. The lowest BCUT2D eigenvalue weighted by molar-refractivity contribution is 0.269. The van der Waals surface area contributed by atoms with E-state index in [2.05, 4.69) is 10.3 Å². The maximum absolute atomic E-state index is 13.1. The number of halogens is 2. The maximum atomic E-state index is 13.1. The predicted molar refractivity (Wildman–Crippen MR) is 119 cm³/mol. The Labute approximate surface area is 187 Å². The molecule has 31 heavy (non-hydrogen) atoms. The average molecular weight is 445 g/mol. The molecule has 0 unspecified atom stereocenters. The van der Waals surface area contributed by atoms with Gasteiger partial charge >= 0.3 is 0 Å². The van der Waals surface area contributed by atoms with Crippen molar-refractivity contribution in [2.24, 2.45) is 0 Å². The third-order valence-electron chi connectivity index (χ3n) is 4.38. The standard InChI is InChI=1S/C24H26ClFN2O3/c1-2-29-22-15-19(16-27-11-5-13-30-23-6-3-4-12-28-23)14-21(25)24(22)31-17-18-7-9-20(26)10-8-18/h3-4,6-10,12,14-15,27H,2,5,11,13,16-17H2,1H3. The molecular weight excluding hydrogens is 419 g/mol. The van der Waals surface area contributed by atoms with E-state index in [1.54, 1.807) is 18.3 Å². The molecule has 0 spiro atoms. The largest absolute Gasteiger partial charge is 0.490 e. The third-order valence-corrected chi connectivity index (χ3v) is 4.66. The molecule has 3 aromatic rings. The second-order valence-electron chi connectivity index (χ2n) is 6.80. The topological polar surface area (TPSA) is 52.6 Å². The van der Waals surface area contributed by atoms with E-state index < -0.39 is 0 Å². The monoisotopic (exact) mass is 444 g/mol. The van der Waals surface area contributed by atoms with E-state index in [-0.39, 0.29) is 12.4 Å². The molecule has 0 radical (unpaired) electrons. The Bertz CT molecular complexity index is 940. The number of pyridine rings is 1. The number of hydrogen-bond acceptors (Lipinski definition) is 5. The van der Waals surface area contributed by atoms with E-state index in [1.165, 1.54) is 12.1 Å². The molecule has 0 fully saturated rings. The van der Waals surface area contributed by atoms with Crippen molar-refractivity contribution in [3.05, 3.63) is 82.8 Å². The zero-order chi connectivity index (χ0) is 21.9. The minimum atomic E-state index is -0.281. The second kappa shape index (κ2) is 12.1. The minimum Gasteiger partial charge on any atom is -0.490 e. The molecule has 1 heterocycles. The summed E-state index contributed by atoms with van der Waals surface area (Å²) in [7, 11) is 0. The lowest BCUT2D eigenvalue weighted by Gasteiger charge is -2.16. The highest BCUT2D eigenvalue weighted by molar-refractivity contribution is 6.32. The van der Waals surface area contributed by atoms with Gasteiger partial charge in [-0.3, -0.25) is 0 Å². The van der Waals surface area contributed by atoms with Gasteiger partial charge in [0.2, 0.25) is 5.88 Å². The zero-order valence-corrected chi connectivity index (χ0v) is 18.2. The first-order valence-corrected chi connectivity index (χ1v) is 10.6. The van der Waals surface area contributed by atoms with Crippen LogP contribution in [0.25, 0.3) is 0 Å². The second-order valence-corrected chi connectivity index (χ2v) is 7.21. The van der Waals surface area contributed by atoms with Crippen LogP contribution in [-0.2, 0) is 13.2 Å². The van der Waals surface area contributed by atoms with Gasteiger partial charge < -0.3 is 19.5 Å². The Morgan fingerprint density at radius 3 is 2.58 bits per heavy atom. The molecule has 164 valence electrons. The van der Waals surface area contributed by atoms with Gasteiger partial charge in [0.1, 0.15) is 12.4 Å². The molecule has 5 nitrogen and oxygen atoms in total. The summed E-state index contributed by atoms with van der Waals surface area (Å²) in [4.78, 5) is 4.13. The maximum Gasteiger partial charge on any atom is 0.213 e. The summed E-state index contributed by atoms with van der Waals surface area (Å²) in [5.41, 5.74) is 1.84. The summed E-state index contributed by atoms with van der Waals surface area (Å²) < 4.78 is 30.3. The predicted octanol–water partition coefficient (Wildman–Crippen LogP) is 5.41. The molecule has 0 saturated carbocycles. The third kappa shape index (κ3) is 7.42. The van der Waals surface area contributed by atoms with Gasteiger partial charge in [-0.25, -0.2) is 9.37 Å². The van der Waals surface area contributed by atoms with Crippen molar-refractivity contribution in [1.29, 1.82) is 0 Å². The van der Waals surface area contributed by atoms with Gasteiger partial charge in [-0.1, -0.05) is 29.8 Å². The molecule has 2 aromatic carbocycles. The van der Waals surface area contributed by atoms with Crippen LogP contribution >= 0.6 is 11.6 Å². The number of benzene rings is 2. The molecule has 7 heteroatoms. The van der Waals surface area contributed by atoms with Gasteiger partial charge in [0.05, 0.1) is 18.2 Å². The van der Waals surface area contributed by atoms with Crippen LogP contribution in [0.2, 0.25) is 5.02 Å². The molecule has 1 aromatic heterocycles. The highest BCUT2D eigenvalue weighted by Gasteiger charge is 2.13. The Kier molecular flexibility index (Phi) is 8.94. The van der Waals surface area contributed by atoms with Gasteiger partial charge in [0, 0.05) is 18.8 Å². The molecule has 0 aliphatic carbocycles. The molecular formula is C24H26ClFN2O3. The molecule has 0 aliphatic rings. The molecule has 0 amide bonds. The van der Waals surface area contributed by atoms with Crippen LogP contribution in [-0.4, -0.2) is 24.7 Å². The molecule has 1 N–H and O–H groups in total. The fourth-order valence-electron chi connectivity index (χ4n) is 2.90. The van der Waals surface area contributed by atoms with E-state index in [1.807, 2.05) is 37.3 Å². The number of ether oxygens (including phenoxy) is 3. The van der Waals surface area contributed by atoms with Crippen molar-refractivity contribution in [3.8, 4) is 17.4 Å². The van der Waals surface area contributed by atoms with E-state index in [0.29, 0.717) is 42.2 Å². The Hall–Kier alpha value is -2.83. The number of nitrogens with zero attached hydrogens (tertiary/aromatic N) is 1. The van der Waals surface area contributed by atoms with Gasteiger partial charge in [0.25, 0.3) is 0 Å². The summed E-state index contributed by atoms with van der Waals surface area (Å²) >= 11 is 6.47. The molecule has 3 rings (SSSR count). The Morgan fingerprint density at radius 1 is 1.00 bits per heavy atom. The van der Waals surface area contributed by atoms with Crippen LogP contribution in [0, 0.1) is 5.82 Å². The van der Waals surface area contributed by atoms with E-state index in [9.17, 15) is 4.39 Å². The van der Waals surface area contributed by atoms with Crippen LogP contribution in [0.3, 0.4) is 0 Å². The number of nitrogens with one attached hydrogen (secondary N) is 1. The van der Waals surface area contributed by atoms with Crippen molar-refractivity contribution < 1.29 is 18.6 Å². The first-order valence-electron chi connectivity index (χ1n) is 10.2. The summed E-state index contributed by atoms with van der Waals surface area (Å²) in [5.74, 6) is 1.43. The summed E-state index contributed by atoms with van der Waals surface area (Å²) in [6.45, 7) is 4.69. The summed E-state index contributed by atoms with van der Waals surface area (Å²) in [6.07, 6.45) is 2.56. The van der Waals surface area contributed by atoms with Crippen molar-refractivity contribution in [1.82, 2.24) is 10.3 Å². The van der Waals surface area contributed by atoms with E-state index in [4.69, 9.17) is 25.8 Å². The Morgan fingerprint density at radius 2 is 1.84 bits per heavy atom. The fourth-order valence-corrected chi connectivity index (χ4v) is 3.19. The summed E-state index contributed by atoms with van der Waals surface area (Å²) in [6, 6.07) is 15.5. The molecule has 0 aliphatic heterocycles. The Balaban J connectivity index is 1.50. The smallest absolute Gasteiger partial charge is 0.213 e. The van der Waals surface area contributed by atoms with Gasteiger partial charge in [0.15, 0.2) is 11.5 Å². The van der Waals surface area contributed by atoms with Crippen molar-refractivity contribution >= 4 is 11.6 Å². The SMILES string of the molecule is CCOc1cc(CNCCCOc2ccccn2)cc(Cl)c1OCc1ccc(F)cc1. The molecule has 0 bridgehead atoms.